The number of benzene rings is 1. The lowest BCUT2D eigenvalue weighted by Crippen LogP contribution is -2.26. The molecule has 1 heterocycles. The second-order valence-electron chi connectivity index (χ2n) is 4.12. The summed E-state index contributed by atoms with van der Waals surface area (Å²) in [5, 5.41) is 2.48. The van der Waals surface area contributed by atoms with Crippen LogP contribution in [0.4, 0.5) is 18.9 Å². The molecule has 0 bridgehead atoms. The maximum atomic E-state index is 12.8. The van der Waals surface area contributed by atoms with Crippen LogP contribution in [-0.2, 0) is 9.53 Å². The Hall–Kier alpha value is -1.63. The molecule has 0 saturated carbocycles. The van der Waals surface area contributed by atoms with Crippen molar-refractivity contribution in [1.29, 1.82) is 0 Å². The van der Waals surface area contributed by atoms with E-state index in [2.05, 4.69) is 10.1 Å². The lowest BCUT2D eigenvalue weighted by atomic mass is 10.2. The van der Waals surface area contributed by atoms with Crippen LogP contribution in [0.5, 0.6) is 0 Å². The summed E-state index contributed by atoms with van der Waals surface area (Å²) in [6.07, 6.45) is -4.66. The zero-order valence-corrected chi connectivity index (χ0v) is 11.4. The third-order valence-corrected chi connectivity index (χ3v) is 3.67. The molecule has 0 radical (unpaired) electrons. The van der Waals surface area contributed by atoms with Crippen LogP contribution in [0.25, 0.3) is 0 Å². The number of amides is 1. The van der Waals surface area contributed by atoms with E-state index in [-0.39, 0.29) is 6.61 Å². The normalized spacial score (nSPS) is 15.8. The number of anilines is 1. The minimum absolute atomic E-state index is 0.0549. The molecule has 20 heavy (non-hydrogen) atoms. The number of carbonyl (C=O) groups excluding carboxylic acids is 1. The number of carbonyl (C=O) groups is 1. The molecule has 1 N–H and O–H groups in total. The Morgan fingerprint density at radius 1 is 1.35 bits per heavy atom. The predicted octanol–water partition coefficient (Wildman–Crippen LogP) is 3.47. The van der Waals surface area contributed by atoms with E-state index in [0.717, 1.165) is 17.3 Å². The van der Waals surface area contributed by atoms with Gasteiger partial charge in [0.15, 0.2) is 0 Å². The van der Waals surface area contributed by atoms with Gasteiger partial charge in [-0.2, -0.15) is 13.2 Å². The largest absolute Gasteiger partial charge is 0.487 e. The number of allylic oxidation sites excluding steroid dienone is 1. The van der Waals surface area contributed by atoms with Gasteiger partial charge in [-0.3, -0.25) is 4.79 Å². The maximum Gasteiger partial charge on any atom is 0.450 e. The number of nitrogens with one attached hydrogen (secondary N) is 1. The molecule has 1 amide bonds. The second-order valence-corrected chi connectivity index (χ2v) is 5.23. The molecule has 1 aromatic carbocycles. The summed E-state index contributed by atoms with van der Waals surface area (Å²) < 4.78 is 43.0. The van der Waals surface area contributed by atoms with Crippen LogP contribution in [0.2, 0.25) is 0 Å². The molecular formula is C13H12F3NO2S. The fourth-order valence-corrected chi connectivity index (χ4v) is 2.55. The first kappa shape index (κ1) is 14.8. The van der Waals surface area contributed by atoms with E-state index >= 15 is 0 Å². The Bertz CT molecular complexity index is 555. The van der Waals surface area contributed by atoms with Crippen molar-refractivity contribution in [3.8, 4) is 0 Å². The quantitative estimate of drug-likeness (QED) is 0.909. The summed E-state index contributed by atoms with van der Waals surface area (Å²) in [7, 11) is 0. The van der Waals surface area contributed by atoms with E-state index in [4.69, 9.17) is 0 Å². The Morgan fingerprint density at radius 2 is 2.05 bits per heavy atom. The highest BCUT2D eigenvalue weighted by Crippen LogP contribution is 2.37. The highest BCUT2D eigenvalue weighted by Gasteiger charge is 2.42. The molecule has 0 aromatic heterocycles. The number of rotatable bonds is 2. The molecule has 0 unspecified atom stereocenters. The van der Waals surface area contributed by atoms with Crippen LogP contribution < -0.4 is 5.32 Å². The molecule has 1 aromatic rings. The Balaban J connectivity index is 2.27. The molecule has 1 aliphatic rings. The van der Waals surface area contributed by atoms with Gasteiger partial charge in [-0.05, 0) is 18.6 Å². The van der Waals surface area contributed by atoms with E-state index in [9.17, 15) is 18.0 Å². The van der Waals surface area contributed by atoms with Crippen molar-refractivity contribution in [3.63, 3.8) is 0 Å². The van der Waals surface area contributed by atoms with E-state index in [1.165, 1.54) is 0 Å². The summed E-state index contributed by atoms with van der Waals surface area (Å²) in [6.45, 7) is 1.71. The number of ether oxygens (including phenoxy) is 1. The van der Waals surface area contributed by atoms with Crippen LogP contribution in [0, 0.1) is 6.92 Å². The van der Waals surface area contributed by atoms with Crippen LogP contribution in [0.1, 0.15) is 5.56 Å². The third kappa shape index (κ3) is 3.27. The smallest absolute Gasteiger partial charge is 0.450 e. The number of aryl methyl sites for hydroxylation is 1. The molecule has 1 aliphatic heterocycles. The van der Waals surface area contributed by atoms with Gasteiger partial charge in [0.25, 0.3) is 5.91 Å². The van der Waals surface area contributed by atoms with Crippen molar-refractivity contribution in [2.75, 3.05) is 17.7 Å². The van der Waals surface area contributed by atoms with Crippen molar-refractivity contribution in [2.45, 2.75) is 13.1 Å². The average molecular weight is 303 g/mol. The molecule has 7 heteroatoms. The summed E-state index contributed by atoms with van der Waals surface area (Å²) in [5.74, 6) is -1.69. The number of halogens is 3. The van der Waals surface area contributed by atoms with Crippen molar-refractivity contribution in [2.24, 2.45) is 0 Å². The molecule has 0 aliphatic carbocycles. The van der Waals surface area contributed by atoms with Crippen LogP contribution >= 0.6 is 11.8 Å². The van der Waals surface area contributed by atoms with E-state index in [0.29, 0.717) is 11.4 Å². The molecule has 0 spiro atoms. The maximum absolute atomic E-state index is 12.8. The van der Waals surface area contributed by atoms with Crippen LogP contribution in [0.15, 0.2) is 34.9 Å². The van der Waals surface area contributed by atoms with Gasteiger partial charge < -0.3 is 10.1 Å². The number of thioether (sulfide) groups is 1. The zero-order valence-electron chi connectivity index (χ0n) is 10.6. The van der Waals surface area contributed by atoms with Crippen LogP contribution in [0.3, 0.4) is 0 Å². The summed E-state index contributed by atoms with van der Waals surface area (Å²) in [6, 6.07) is 6.88. The number of hydrogen-bond donors (Lipinski definition) is 1. The first-order valence-electron chi connectivity index (χ1n) is 5.83. The van der Waals surface area contributed by atoms with Gasteiger partial charge in [0.05, 0.1) is 6.61 Å². The molecule has 108 valence electrons. The highest BCUT2D eigenvalue weighted by molar-refractivity contribution is 8.04. The third-order valence-electron chi connectivity index (χ3n) is 2.64. The van der Waals surface area contributed by atoms with Crippen molar-refractivity contribution < 1.29 is 22.7 Å². The predicted molar refractivity (Wildman–Crippen MR) is 71.3 cm³/mol. The van der Waals surface area contributed by atoms with Gasteiger partial charge in [-0.25, -0.2) is 0 Å². The molecule has 0 fully saturated rings. The van der Waals surface area contributed by atoms with Crippen molar-refractivity contribution in [1.82, 2.24) is 0 Å². The van der Waals surface area contributed by atoms with Gasteiger partial charge >= 0.3 is 6.18 Å². The lowest BCUT2D eigenvalue weighted by molar-refractivity contribution is -0.133. The minimum atomic E-state index is -4.66. The van der Waals surface area contributed by atoms with Gasteiger partial charge in [-0.15, -0.1) is 11.8 Å². The topological polar surface area (TPSA) is 38.3 Å². The standard InChI is InChI=1S/C13H12F3NO2S/c1-8-4-2-3-5-9(8)17-12(18)10-11(13(14,15)16)19-6-7-20-10/h2-5H,6-7H2,1H3,(H,17,18). The number of para-hydroxylation sites is 1. The Morgan fingerprint density at radius 3 is 2.70 bits per heavy atom. The van der Waals surface area contributed by atoms with Gasteiger partial charge in [-0.1, -0.05) is 18.2 Å². The summed E-state index contributed by atoms with van der Waals surface area (Å²) in [4.78, 5) is 11.6. The van der Waals surface area contributed by atoms with E-state index in [1.807, 2.05) is 0 Å². The summed E-state index contributed by atoms with van der Waals surface area (Å²) >= 11 is 0.854. The molecular weight excluding hydrogens is 291 g/mol. The first-order chi connectivity index (χ1) is 9.39. The molecule has 2 rings (SSSR count). The van der Waals surface area contributed by atoms with Gasteiger partial charge in [0.1, 0.15) is 4.91 Å². The van der Waals surface area contributed by atoms with E-state index in [1.54, 1.807) is 31.2 Å². The first-order valence-corrected chi connectivity index (χ1v) is 6.82. The van der Waals surface area contributed by atoms with Crippen LogP contribution in [-0.4, -0.2) is 24.4 Å². The fourth-order valence-electron chi connectivity index (χ4n) is 1.69. The molecule has 0 atom stereocenters. The number of alkyl halides is 3. The lowest BCUT2D eigenvalue weighted by Gasteiger charge is -2.22. The average Bonchev–Trinajstić information content (AvgIpc) is 2.40. The van der Waals surface area contributed by atoms with Gasteiger partial charge in [0.2, 0.25) is 5.76 Å². The SMILES string of the molecule is Cc1ccccc1NC(=O)C1=C(C(F)(F)F)OCCS1. The summed E-state index contributed by atoms with van der Waals surface area (Å²) in [5.41, 5.74) is 1.26. The van der Waals surface area contributed by atoms with Crippen molar-refractivity contribution >= 4 is 23.4 Å². The number of hydrogen-bond acceptors (Lipinski definition) is 3. The zero-order chi connectivity index (χ0) is 14.8. The fraction of sp³-hybridized carbons (Fsp3) is 0.308. The monoisotopic (exact) mass is 303 g/mol. The molecule has 3 nitrogen and oxygen atoms in total. The minimum Gasteiger partial charge on any atom is -0.487 e. The van der Waals surface area contributed by atoms with Crippen molar-refractivity contribution in [3.05, 3.63) is 40.5 Å². The second kappa shape index (κ2) is 5.78. The Kier molecular flexibility index (Phi) is 4.27. The van der Waals surface area contributed by atoms with E-state index < -0.39 is 22.7 Å². The molecule has 0 saturated heterocycles. The highest BCUT2D eigenvalue weighted by atomic mass is 32.2. The Labute approximate surface area is 118 Å². The van der Waals surface area contributed by atoms with Gasteiger partial charge in [0, 0.05) is 11.4 Å².